The highest BCUT2D eigenvalue weighted by atomic mass is 16.2. The fourth-order valence-electron chi connectivity index (χ4n) is 2.26. The van der Waals surface area contributed by atoms with Gasteiger partial charge in [-0.1, -0.05) is 13.8 Å². The van der Waals surface area contributed by atoms with Crippen LogP contribution in [-0.2, 0) is 7.05 Å². The van der Waals surface area contributed by atoms with Crippen molar-refractivity contribution in [3.8, 4) is 0 Å². The molecule has 5 heteroatoms. The molecule has 0 aliphatic carbocycles. The predicted molar refractivity (Wildman–Crippen MR) is 65.8 cm³/mol. The summed E-state index contributed by atoms with van der Waals surface area (Å²) in [4.78, 5) is 14.0. The number of carbonyl (C=O) groups is 1. The molecule has 1 atom stereocenters. The molecule has 0 spiro atoms. The summed E-state index contributed by atoms with van der Waals surface area (Å²) in [6.07, 6.45) is 0.885. The monoisotopic (exact) mass is 236 g/mol. The summed E-state index contributed by atoms with van der Waals surface area (Å²) >= 11 is 0. The quantitative estimate of drug-likeness (QED) is 0.822. The number of nitrogens with two attached hydrogens (primary N) is 1. The number of rotatable bonds is 2. The van der Waals surface area contributed by atoms with Crippen molar-refractivity contribution in [1.29, 1.82) is 0 Å². The Balaban J connectivity index is 2.17. The van der Waals surface area contributed by atoms with Crippen molar-refractivity contribution >= 4 is 5.91 Å². The first-order valence-electron chi connectivity index (χ1n) is 6.08. The number of aromatic nitrogens is 2. The van der Waals surface area contributed by atoms with E-state index in [0.29, 0.717) is 18.2 Å². The predicted octanol–water partition coefficient (Wildman–Crippen LogP) is 0.717. The van der Waals surface area contributed by atoms with Gasteiger partial charge in [-0.25, -0.2) is 0 Å². The minimum Gasteiger partial charge on any atom is -0.336 e. The van der Waals surface area contributed by atoms with Gasteiger partial charge in [0.15, 0.2) is 5.69 Å². The third-order valence-corrected chi connectivity index (χ3v) is 3.24. The van der Waals surface area contributed by atoms with E-state index in [9.17, 15) is 4.79 Å². The lowest BCUT2D eigenvalue weighted by Gasteiger charge is -2.13. The zero-order valence-electron chi connectivity index (χ0n) is 10.7. The standard InChI is InChI=1S/C12H20N4O/c1-8(2)11-6-10(14-15(11)3)12(17)16-5-4-9(13)7-16/h6,8-9H,4-5,7,13H2,1-3H3. The van der Waals surface area contributed by atoms with Gasteiger partial charge in [0.05, 0.1) is 0 Å². The normalized spacial score (nSPS) is 20.3. The molecule has 2 heterocycles. The van der Waals surface area contributed by atoms with Crippen molar-refractivity contribution in [3.05, 3.63) is 17.5 Å². The van der Waals surface area contributed by atoms with Crippen molar-refractivity contribution < 1.29 is 4.79 Å². The SMILES string of the molecule is CC(C)c1cc(C(=O)N2CCC(N)C2)nn1C. The summed E-state index contributed by atoms with van der Waals surface area (Å²) < 4.78 is 1.79. The average Bonchev–Trinajstić information content (AvgIpc) is 2.83. The van der Waals surface area contributed by atoms with Crippen LogP contribution in [0.2, 0.25) is 0 Å². The number of nitrogens with zero attached hydrogens (tertiary/aromatic N) is 3. The van der Waals surface area contributed by atoms with Crippen molar-refractivity contribution in [3.63, 3.8) is 0 Å². The lowest BCUT2D eigenvalue weighted by atomic mass is 10.1. The molecule has 17 heavy (non-hydrogen) atoms. The third kappa shape index (κ3) is 2.34. The van der Waals surface area contributed by atoms with E-state index >= 15 is 0 Å². The second-order valence-electron chi connectivity index (χ2n) is 5.03. The number of likely N-dealkylation sites (tertiary alicyclic amines) is 1. The summed E-state index contributed by atoms with van der Waals surface area (Å²) in [5, 5.41) is 4.29. The highest BCUT2D eigenvalue weighted by Crippen LogP contribution is 2.17. The molecule has 1 saturated heterocycles. The van der Waals surface area contributed by atoms with Crippen molar-refractivity contribution in [2.45, 2.75) is 32.2 Å². The molecule has 2 N–H and O–H groups in total. The van der Waals surface area contributed by atoms with Gasteiger partial charge >= 0.3 is 0 Å². The molecule has 5 nitrogen and oxygen atoms in total. The molecule has 0 saturated carbocycles. The fraction of sp³-hybridized carbons (Fsp3) is 0.667. The molecule has 0 aromatic carbocycles. The van der Waals surface area contributed by atoms with E-state index in [4.69, 9.17) is 5.73 Å². The van der Waals surface area contributed by atoms with Gasteiger partial charge < -0.3 is 10.6 Å². The maximum atomic E-state index is 12.2. The van der Waals surface area contributed by atoms with Gasteiger partial charge in [-0.2, -0.15) is 5.10 Å². The van der Waals surface area contributed by atoms with Gasteiger partial charge in [0.1, 0.15) is 0 Å². The molecule has 0 bridgehead atoms. The van der Waals surface area contributed by atoms with E-state index in [1.165, 1.54) is 0 Å². The van der Waals surface area contributed by atoms with Gasteiger partial charge in [-0.15, -0.1) is 0 Å². The van der Waals surface area contributed by atoms with E-state index < -0.39 is 0 Å². The second kappa shape index (κ2) is 4.49. The van der Waals surface area contributed by atoms with Crippen molar-refractivity contribution in [1.82, 2.24) is 14.7 Å². The highest BCUT2D eigenvalue weighted by molar-refractivity contribution is 5.92. The first-order chi connectivity index (χ1) is 7.99. The Morgan fingerprint density at radius 1 is 1.59 bits per heavy atom. The Kier molecular flexibility index (Phi) is 3.19. The highest BCUT2D eigenvalue weighted by Gasteiger charge is 2.26. The largest absolute Gasteiger partial charge is 0.336 e. The van der Waals surface area contributed by atoms with E-state index in [2.05, 4.69) is 18.9 Å². The zero-order valence-corrected chi connectivity index (χ0v) is 10.7. The number of amides is 1. The minimum atomic E-state index is 0.000417. The van der Waals surface area contributed by atoms with Gasteiger partial charge in [0.25, 0.3) is 5.91 Å². The molecule has 1 unspecified atom stereocenters. The summed E-state index contributed by atoms with van der Waals surface area (Å²) in [6.45, 7) is 5.58. The summed E-state index contributed by atoms with van der Waals surface area (Å²) in [5.41, 5.74) is 7.42. The molecular weight excluding hydrogens is 216 g/mol. The second-order valence-corrected chi connectivity index (χ2v) is 5.03. The van der Waals surface area contributed by atoms with E-state index in [1.54, 1.807) is 9.58 Å². The van der Waals surface area contributed by atoms with Crippen molar-refractivity contribution in [2.75, 3.05) is 13.1 Å². The van der Waals surface area contributed by atoms with Crippen LogP contribution in [0.3, 0.4) is 0 Å². The van der Waals surface area contributed by atoms with E-state index in [-0.39, 0.29) is 11.9 Å². The van der Waals surface area contributed by atoms with Crippen LogP contribution in [0.5, 0.6) is 0 Å². The number of hydrogen-bond donors (Lipinski definition) is 1. The van der Waals surface area contributed by atoms with Crippen LogP contribution >= 0.6 is 0 Å². The molecule has 2 rings (SSSR count). The first-order valence-corrected chi connectivity index (χ1v) is 6.08. The first kappa shape index (κ1) is 12.1. The maximum Gasteiger partial charge on any atom is 0.274 e. The molecule has 0 radical (unpaired) electrons. The van der Waals surface area contributed by atoms with Crippen LogP contribution in [0.25, 0.3) is 0 Å². The molecule has 1 aliphatic rings. The third-order valence-electron chi connectivity index (χ3n) is 3.24. The lowest BCUT2D eigenvalue weighted by Crippen LogP contribution is -2.32. The average molecular weight is 236 g/mol. The van der Waals surface area contributed by atoms with Gasteiger partial charge in [-0.05, 0) is 18.4 Å². The summed E-state index contributed by atoms with van der Waals surface area (Å²) in [5.74, 6) is 0.371. The van der Waals surface area contributed by atoms with Gasteiger partial charge in [0, 0.05) is 31.9 Å². The number of hydrogen-bond acceptors (Lipinski definition) is 3. The summed E-state index contributed by atoms with van der Waals surface area (Å²) in [7, 11) is 1.88. The minimum absolute atomic E-state index is 0.000417. The lowest BCUT2D eigenvalue weighted by molar-refractivity contribution is 0.0784. The van der Waals surface area contributed by atoms with Crippen LogP contribution in [0.1, 0.15) is 42.4 Å². The summed E-state index contributed by atoms with van der Waals surface area (Å²) in [6, 6.07) is 2.00. The zero-order chi connectivity index (χ0) is 12.6. The number of carbonyl (C=O) groups excluding carboxylic acids is 1. The Bertz CT molecular complexity index is 424. The molecule has 94 valence electrons. The molecule has 1 aromatic heterocycles. The Morgan fingerprint density at radius 2 is 2.29 bits per heavy atom. The molecule has 1 aliphatic heterocycles. The van der Waals surface area contributed by atoms with E-state index in [1.807, 2.05) is 13.1 Å². The molecule has 1 aromatic rings. The van der Waals surface area contributed by atoms with Gasteiger partial charge in [-0.3, -0.25) is 9.48 Å². The molecular formula is C12H20N4O. The van der Waals surface area contributed by atoms with Crippen LogP contribution < -0.4 is 5.73 Å². The Morgan fingerprint density at radius 3 is 2.76 bits per heavy atom. The Hall–Kier alpha value is -1.36. The smallest absolute Gasteiger partial charge is 0.274 e. The Labute approximate surface area is 102 Å². The van der Waals surface area contributed by atoms with Crippen LogP contribution in [-0.4, -0.2) is 39.7 Å². The van der Waals surface area contributed by atoms with E-state index in [0.717, 1.165) is 18.7 Å². The van der Waals surface area contributed by atoms with Gasteiger partial charge in [0.2, 0.25) is 0 Å². The number of aryl methyl sites for hydroxylation is 1. The van der Waals surface area contributed by atoms with Crippen molar-refractivity contribution in [2.24, 2.45) is 12.8 Å². The van der Waals surface area contributed by atoms with Crippen LogP contribution in [0, 0.1) is 0 Å². The molecule has 1 fully saturated rings. The van der Waals surface area contributed by atoms with Crippen LogP contribution in [0.4, 0.5) is 0 Å². The topological polar surface area (TPSA) is 64.2 Å². The van der Waals surface area contributed by atoms with Crippen LogP contribution in [0.15, 0.2) is 6.07 Å². The molecule has 1 amide bonds. The maximum absolute atomic E-state index is 12.2. The fourth-order valence-corrected chi connectivity index (χ4v) is 2.26.